The number of carbonyl (C=O) groups is 1. The van der Waals surface area contributed by atoms with Crippen LogP contribution in [0, 0.1) is 6.92 Å². The number of aryl methyl sites for hydroxylation is 1. The average molecular weight is 263 g/mol. The van der Waals surface area contributed by atoms with Crippen LogP contribution in [0.5, 0.6) is 0 Å². The molecule has 98 valence electrons. The topological polar surface area (TPSA) is 33.0 Å². The van der Waals surface area contributed by atoms with Gasteiger partial charge in [0.1, 0.15) is 0 Å². The second-order valence-electron chi connectivity index (χ2n) is 4.72. The summed E-state index contributed by atoms with van der Waals surface area (Å²) in [7, 11) is 0. The number of amides is 1. The molecule has 1 N–H and O–H groups in total. The highest BCUT2D eigenvalue weighted by Gasteiger charge is 2.14. The maximum Gasteiger partial charge on any atom is 0.305 e. The van der Waals surface area contributed by atoms with Crippen LogP contribution in [0.4, 0.5) is 0 Å². The number of aromatic nitrogens is 1. The molecule has 3 nitrogen and oxygen atoms in total. The summed E-state index contributed by atoms with van der Waals surface area (Å²) in [6, 6.07) is 19.3. The highest BCUT2D eigenvalue weighted by molar-refractivity contribution is 5.98. The van der Waals surface area contributed by atoms with Gasteiger partial charge >= 0.3 is 5.91 Å². The minimum atomic E-state index is -0.117. The lowest BCUT2D eigenvalue weighted by Crippen LogP contribution is -2.50. The van der Waals surface area contributed by atoms with Crippen LogP contribution in [-0.2, 0) is 0 Å². The molecule has 0 radical (unpaired) electrons. The van der Waals surface area contributed by atoms with E-state index < -0.39 is 0 Å². The van der Waals surface area contributed by atoms with Gasteiger partial charge in [0.05, 0.1) is 0 Å². The Morgan fingerprint density at radius 2 is 1.60 bits per heavy atom. The molecule has 0 bridgehead atoms. The van der Waals surface area contributed by atoms with E-state index in [4.69, 9.17) is 0 Å². The third-order valence-corrected chi connectivity index (χ3v) is 3.27. The molecule has 0 saturated carbocycles. The van der Waals surface area contributed by atoms with Gasteiger partial charge in [0.2, 0.25) is 11.9 Å². The fourth-order valence-electron chi connectivity index (χ4n) is 2.18. The second-order valence-corrected chi connectivity index (χ2v) is 4.72. The molecule has 3 aromatic rings. The number of nitrogens with one attached hydrogen (secondary N) is 1. The maximum atomic E-state index is 12.2. The zero-order valence-electron chi connectivity index (χ0n) is 11.2. The third-order valence-electron chi connectivity index (χ3n) is 3.27. The van der Waals surface area contributed by atoms with Crippen molar-refractivity contribution in [1.29, 1.82) is 0 Å². The molecule has 0 fully saturated rings. The first-order chi connectivity index (χ1) is 9.74. The fraction of sp³-hybridized carbons (Fsp3) is 0.0588. The van der Waals surface area contributed by atoms with Gasteiger partial charge in [-0.05, 0) is 23.6 Å². The summed E-state index contributed by atoms with van der Waals surface area (Å²) < 4.78 is 1.76. The van der Waals surface area contributed by atoms with E-state index in [9.17, 15) is 4.79 Å². The van der Waals surface area contributed by atoms with Gasteiger partial charge in [-0.25, -0.2) is 0 Å². The van der Waals surface area contributed by atoms with Gasteiger partial charge in [-0.2, -0.15) is 0 Å². The van der Waals surface area contributed by atoms with Gasteiger partial charge in [-0.15, -0.1) is 5.43 Å². The van der Waals surface area contributed by atoms with E-state index in [2.05, 4.69) is 17.6 Å². The Balaban J connectivity index is 1.95. The standard InChI is InChI=1S/C17H14N2O/c1-13-11-15-9-5-6-10-16(15)12-19(13)18-17(20)14-7-3-2-4-8-14/h2-12H,1H3/p+1. The van der Waals surface area contributed by atoms with E-state index >= 15 is 0 Å². The monoisotopic (exact) mass is 263 g/mol. The number of benzene rings is 2. The number of carbonyl (C=O) groups excluding carboxylic acids is 1. The molecule has 1 aromatic heterocycles. The lowest BCUT2D eigenvalue weighted by molar-refractivity contribution is -0.646. The van der Waals surface area contributed by atoms with Crippen molar-refractivity contribution < 1.29 is 9.47 Å². The SMILES string of the molecule is Cc1cc2ccccc2c[n+]1NC(=O)c1ccccc1. The molecular formula is C17H15N2O+. The molecule has 2 aromatic carbocycles. The molecule has 0 aliphatic heterocycles. The maximum absolute atomic E-state index is 12.2. The second kappa shape index (κ2) is 5.13. The quantitative estimate of drug-likeness (QED) is 0.709. The minimum absolute atomic E-state index is 0.117. The molecule has 20 heavy (non-hydrogen) atoms. The molecule has 1 amide bonds. The van der Waals surface area contributed by atoms with E-state index in [1.165, 1.54) is 0 Å². The van der Waals surface area contributed by atoms with E-state index in [0.29, 0.717) is 5.56 Å². The molecule has 1 heterocycles. The van der Waals surface area contributed by atoms with E-state index in [1.807, 2.05) is 49.5 Å². The van der Waals surface area contributed by atoms with Crippen LogP contribution in [0.3, 0.4) is 0 Å². The highest BCUT2D eigenvalue weighted by Crippen LogP contribution is 2.11. The summed E-state index contributed by atoms with van der Waals surface area (Å²) in [6.07, 6.45) is 1.94. The summed E-state index contributed by atoms with van der Waals surface area (Å²) in [4.78, 5) is 12.2. The van der Waals surface area contributed by atoms with Crippen LogP contribution in [0.1, 0.15) is 16.1 Å². The normalized spacial score (nSPS) is 10.4. The Kier molecular flexibility index (Phi) is 3.17. The first-order valence-electron chi connectivity index (χ1n) is 6.51. The largest absolute Gasteiger partial charge is 0.305 e. The molecule has 0 atom stereocenters. The molecule has 0 aliphatic rings. The molecule has 3 heteroatoms. The first kappa shape index (κ1) is 12.4. The van der Waals surface area contributed by atoms with Crippen molar-refractivity contribution >= 4 is 16.7 Å². The fourth-order valence-corrected chi connectivity index (χ4v) is 2.18. The Hall–Kier alpha value is -2.68. The van der Waals surface area contributed by atoms with E-state index in [-0.39, 0.29) is 5.91 Å². The van der Waals surface area contributed by atoms with Gasteiger partial charge in [0.25, 0.3) is 0 Å². The van der Waals surface area contributed by atoms with Crippen molar-refractivity contribution in [3.05, 3.63) is 78.1 Å². The predicted octanol–water partition coefficient (Wildman–Crippen LogP) is 2.82. The van der Waals surface area contributed by atoms with Crippen molar-refractivity contribution in [1.82, 2.24) is 0 Å². The zero-order valence-corrected chi connectivity index (χ0v) is 11.2. The van der Waals surface area contributed by atoms with Gasteiger partial charge < -0.3 is 0 Å². The third kappa shape index (κ3) is 2.38. The predicted molar refractivity (Wildman–Crippen MR) is 79.0 cm³/mol. The molecule has 0 saturated heterocycles. The first-order valence-corrected chi connectivity index (χ1v) is 6.51. The summed E-state index contributed by atoms with van der Waals surface area (Å²) in [6.45, 7) is 1.97. The molecular weight excluding hydrogens is 248 g/mol. The number of hydrogen-bond acceptors (Lipinski definition) is 1. The number of hydrogen-bond donors (Lipinski definition) is 1. The van der Waals surface area contributed by atoms with Gasteiger partial charge in [-0.3, -0.25) is 4.79 Å². The summed E-state index contributed by atoms with van der Waals surface area (Å²) in [5.41, 5.74) is 4.52. The summed E-state index contributed by atoms with van der Waals surface area (Å²) in [5.74, 6) is -0.117. The van der Waals surface area contributed by atoms with Crippen molar-refractivity contribution in [2.45, 2.75) is 6.92 Å². The number of pyridine rings is 1. The Morgan fingerprint density at radius 3 is 2.35 bits per heavy atom. The van der Waals surface area contributed by atoms with Gasteiger partial charge in [-0.1, -0.05) is 41.1 Å². The number of nitrogens with zero attached hydrogens (tertiary/aromatic N) is 1. The highest BCUT2D eigenvalue weighted by atomic mass is 16.2. The lowest BCUT2D eigenvalue weighted by atomic mass is 10.1. The Labute approximate surface area is 117 Å². The van der Waals surface area contributed by atoms with Crippen LogP contribution in [0.2, 0.25) is 0 Å². The van der Waals surface area contributed by atoms with Crippen LogP contribution in [-0.4, -0.2) is 5.91 Å². The van der Waals surface area contributed by atoms with Crippen LogP contribution >= 0.6 is 0 Å². The molecule has 0 spiro atoms. The number of rotatable bonds is 2. The Morgan fingerprint density at radius 1 is 0.950 bits per heavy atom. The summed E-state index contributed by atoms with van der Waals surface area (Å²) >= 11 is 0. The van der Waals surface area contributed by atoms with Crippen molar-refractivity contribution in [3.63, 3.8) is 0 Å². The van der Waals surface area contributed by atoms with Crippen molar-refractivity contribution in [2.24, 2.45) is 0 Å². The van der Waals surface area contributed by atoms with Gasteiger partial charge in [0, 0.05) is 23.9 Å². The van der Waals surface area contributed by atoms with Crippen molar-refractivity contribution in [3.8, 4) is 0 Å². The Bertz CT molecular complexity index is 766. The van der Waals surface area contributed by atoms with E-state index in [1.54, 1.807) is 16.8 Å². The molecule has 0 unspecified atom stereocenters. The van der Waals surface area contributed by atoms with Gasteiger partial charge in [0.15, 0.2) is 0 Å². The number of fused-ring (bicyclic) bond motifs is 1. The smallest absolute Gasteiger partial charge is 0.264 e. The lowest BCUT2D eigenvalue weighted by Gasteiger charge is -2.03. The van der Waals surface area contributed by atoms with Crippen LogP contribution < -0.4 is 10.1 Å². The minimum Gasteiger partial charge on any atom is -0.264 e. The molecule has 3 rings (SSSR count). The van der Waals surface area contributed by atoms with E-state index in [0.717, 1.165) is 16.5 Å². The summed E-state index contributed by atoms with van der Waals surface area (Å²) in [5, 5.41) is 2.25. The zero-order chi connectivity index (χ0) is 13.9. The van der Waals surface area contributed by atoms with Crippen LogP contribution in [0.25, 0.3) is 10.8 Å². The average Bonchev–Trinajstić information content (AvgIpc) is 2.49. The van der Waals surface area contributed by atoms with Crippen molar-refractivity contribution in [2.75, 3.05) is 5.43 Å². The van der Waals surface area contributed by atoms with Crippen LogP contribution in [0.15, 0.2) is 66.9 Å². The molecule has 0 aliphatic carbocycles.